The second-order valence-electron chi connectivity index (χ2n) is 7.74. The molecule has 2 unspecified atom stereocenters. The lowest BCUT2D eigenvalue weighted by molar-refractivity contribution is -0.0581. The molecule has 2 aliphatic rings. The lowest BCUT2D eigenvalue weighted by atomic mass is 9.64. The zero-order valence-electron chi connectivity index (χ0n) is 14.7. The van der Waals surface area contributed by atoms with Gasteiger partial charge in [0.15, 0.2) is 0 Å². The maximum Gasteiger partial charge on any atom is 0.0928 e. The van der Waals surface area contributed by atoms with Crippen molar-refractivity contribution in [3.05, 3.63) is 41.5 Å². The van der Waals surface area contributed by atoms with Gasteiger partial charge in [0.1, 0.15) is 0 Å². The van der Waals surface area contributed by atoms with E-state index >= 15 is 0 Å². The fourth-order valence-corrected chi connectivity index (χ4v) is 4.79. The SMILES string of the molecule is CN(C)CC1CCC/C(=C\c2ccccc2)C1(O)C1CCCC1. The van der Waals surface area contributed by atoms with Crippen LogP contribution in [0.2, 0.25) is 0 Å². The summed E-state index contributed by atoms with van der Waals surface area (Å²) in [6.07, 6.45) is 10.6. The first-order chi connectivity index (χ1) is 11.1. The molecule has 126 valence electrons. The number of aliphatic hydroxyl groups is 1. The summed E-state index contributed by atoms with van der Waals surface area (Å²) in [7, 11) is 4.26. The summed E-state index contributed by atoms with van der Waals surface area (Å²) in [6, 6.07) is 10.5. The number of benzene rings is 1. The molecule has 0 aromatic heterocycles. The Hall–Kier alpha value is -1.12. The highest BCUT2D eigenvalue weighted by Gasteiger charge is 2.48. The quantitative estimate of drug-likeness (QED) is 0.893. The van der Waals surface area contributed by atoms with Gasteiger partial charge >= 0.3 is 0 Å². The Morgan fingerprint density at radius 3 is 2.43 bits per heavy atom. The summed E-state index contributed by atoms with van der Waals surface area (Å²) in [4.78, 5) is 2.25. The van der Waals surface area contributed by atoms with Crippen molar-refractivity contribution in [2.75, 3.05) is 20.6 Å². The second kappa shape index (κ2) is 7.19. The molecule has 2 aliphatic carbocycles. The Bertz CT molecular complexity index is 530. The van der Waals surface area contributed by atoms with Crippen LogP contribution < -0.4 is 0 Å². The largest absolute Gasteiger partial charge is 0.385 e. The predicted octanol–water partition coefficient (Wildman–Crippen LogP) is 4.35. The van der Waals surface area contributed by atoms with E-state index in [1.165, 1.54) is 43.2 Å². The summed E-state index contributed by atoms with van der Waals surface area (Å²) in [6.45, 7) is 0.985. The van der Waals surface area contributed by atoms with E-state index in [-0.39, 0.29) is 0 Å². The van der Waals surface area contributed by atoms with Crippen LogP contribution in [0, 0.1) is 11.8 Å². The van der Waals surface area contributed by atoms with Crippen molar-refractivity contribution in [3.63, 3.8) is 0 Å². The summed E-state index contributed by atoms with van der Waals surface area (Å²) in [5.74, 6) is 0.812. The van der Waals surface area contributed by atoms with Crippen LogP contribution in [0.25, 0.3) is 6.08 Å². The van der Waals surface area contributed by atoms with Gasteiger partial charge in [0, 0.05) is 12.5 Å². The molecule has 0 bridgehead atoms. The Morgan fingerprint density at radius 2 is 1.78 bits per heavy atom. The van der Waals surface area contributed by atoms with Gasteiger partial charge < -0.3 is 10.0 Å². The van der Waals surface area contributed by atoms with Crippen molar-refractivity contribution in [3.8, 4) is 0 Å². The van der Waals surface area contributed by atoms with Crippen LogP contribution in [0.3, 0.4) is 0 Å². The highest BCUT2D eigenvalue weighted by atomic mass is 16.3. The minimum Gasteiger partial charge on any atom is -0.385 e. The van der Waals surface area contributed by atoms with Gasteiger partial charge in [-0.15, -0.1) is 0 Å². The average molecular weight is 313 g/mol. The van der Waals surface area contributed by atoms with Crippen LogP contribution >= 0.6 is 0 Å². The second-order valence-corrected chi connectivity index (χ2v) is 7.74. The number of nitrogens with zero attached hydrogens (tertiary/aromatic N) is 1. The van der Waals surface area contributed by atoms with Crippen LogP contribution in [0.4, 0.5) is 0 Å². The standard InChI is InChI=1S/C21H31NO/c1-22(2)16-20-14-8-13-19(15-17-9-4-3-5-10-17)21(20,23)18-11-6-7-12-18/h3-5,9-10,15,18,20,23H,6-8,11-14,16H2,1-2H3/b19-15+. The molecule has 2 heteroatoms. The van der Waals surface area contributed by atoms with Crippen molar-refractivity contribution in [1.29, 1.82) is 0 Å². The van der Waals surface area contributed by atoms with E-state index in [0.717, 1.165) is 19.4 Å². The fourth-order valence-electron chi connectivity index (χ4n) is 4.79. The van der Waals surface area contributed by atoms with E-state index in [0.29, 0.717) is 11.8 Å². The van der Waals surface area contributed by atoms with Gasteiger partial charge in [0.05, 0.1) is 5.60 Å². The number of hydrogen-bond donors (Lipinski definition) is 1. The zero-order valence-corrected chi connectivity index (χ0v) is 14.7. The van der Waals surface area contributed by atoms with E-state index in [4.69, 9.17) is 0 Å². The molecule has 2 saturated carbocycles. The zero-order chi connectivity index (χ0) is 16.3. The Morgan fingerprint density at radius 1 is 1.09 bits per heavy atom. The van der Waals surface area contributed by atoms with E-state index in [2.05, 4.69) is 55.4 Å². The van der Waals surface area contributed by atoms with Crippen LogP contribution in [-0.2, 0) is 0 Å². The maximum atomic E-state index is 11.9. The molecule has 1 N–H and O–H groups in total. The minimum absolute atomic E-state index is 0.365. The van der Waals surface area contributed by atoms with E-state index < -0.39 is 5.60 Å². The number of hydrogen-bond acceptors (Lipinski definition) is 2. The van der Waals surface area contributed by atoms with Gasteiger partial charge in [-0.3, -0.25) is 0 Å². The lowest BCUT2D eigenvalue weighted by Gasteiger charge is -2.47. The number of rotatable bonds is 4. The molecule has 3 rings (SSSR count). The first-order valence-corrected chi connectivity index (χ1v) is 9.24. The third kappa shape index (κ3) is 3.54. The van der Waals surface area contributed by atoms with Gasteiger partial charge in [0.2, 0.25) is 0 Å². The smallest absolute Gasteiger partial charge is 0.0928 e. The van der Waals surface area contributed by atoms with Crippen LogP contribution in [0.5, 0.6) is 0 Å². The predicted molar refractivity (Wildman–Crippen MR) is 97.2 cm³/mol. The maximum absolute atomic E-state index is 11.9. The van der Waals surface area contributed by atoms with Crippen molar-refractivity contribution < 1.29 is 5.11 Å². The van der Waals surface area contributed by atoms with Gasteiger partial charge in [-0.1, -0.05) is 49.2 Å². The third-order valence-corrected chi connectivity index (χ3v) is 5.84. The topological polar surface area (TPSA) is 23.5 Å². The van der Waals surface area contributed by atoms with Gasteiger partial charge in [-0.25, -0.2) is 0 Å². The Labute approximate surface area is 141 Å². The normalized spacial score (nSPS) is 31.1. The van der Waals surface area contributed by atoms with Crippen molar-refractivity contribution in [2.24, 2.45) is 11.8 Å². The van der Waals surface area contributed by atoms with Gasteiger partial charge in [0.25, 0.3) is 0 Å². The van der Waals surface area contributed by atoms with Gasteiger partial charge in [-0.05, 0) is 63.3 Å². The average Bonchev–Trinajstić information content (AvgIpc) is 3.07. The summed E-state index contributed by atoms with van der Waals surface area (Å²) >= 11 is 0. The van der Waals surface area contributed by atoms with Crippen molar-refractivity contribution in [1.82, 2.24) is 4.90 Å². The molecular formula is C21H31NO. The van der Waals surface area contributed by atoms with Crippen LogP contribution in [0.1, 0.15) is 50.5 Å². The summed E-state index contributed by atoms with van der Waals surface area (Å²) in [5.41, 5.74) is 1.91. The highest BCUT2D eigenvalue weighted by molar-refractivity contribution is 5.56. The van der Waals surface area contributed by atoms with Crippen LogP contribution in [-0.4, -0.2) is 36.2 Å². The van der Waals surface area contributed by atoms with Crippen molar-refractivity contribution >= 4 is 6.08 Å². The third-order valence-electron chi connectivity index (χ3n) is 5.84. The molecule has 2 fully saturated rings. The lowest BCUT2D eigenvalue weighted by Crippen LogP contribution is -2.51. The summed E-state index contributed by atoms with van der Waals surface area (Å²) in [5, 5.41) is 11.9. The van der Waals surface area contributed by atoms with Crippen LogP contribution in [0.15, 0.2) is 35.9 Å². The first-order valence-electron chi connectivity index (χ1n) is 9.24. The molecular weight excluding hydrogens is 282 g/mol. The first kappa shape index (κ1) is 16.7. The highest BCUT2D eigenvalue weighted by Crippen LogP contribution is 2.49. The van der Waals surface area contributed by atoms with Crippen molar-refractivity contribution in [2.45, 2.75) is 50.5 Å². The molecule has 1 aromatic rings. The Kier molecular flexibility index (Phi) is 5.23. The molecule has 0 radical (unpaired) electrons. The van der Waals surface area contributed by atoms with Gasteiger partial charge in [-0.2, -0.15) is 0 Å². The van der Waals surface area contributed by atoms with E-state index in [9.17, 15) is 5.11 Å². The molecule has 0 saturated heterocycles. The molecule has 0 spiro atoms. The molecule has 0 amide bonds. The fraction of sp³-hybridized carbons (Fsp3) is 0.619. The molecule has 23 heavy (non-hydrogen) atoms. The van der Waals surface area contributed by atoms with E-state index in [1.54, 1.807) is 0 Å². The molecule has 2 nitrogen and oxygen atoms in total. The molecule has 0 aliphatic heterocycles. The Balaban J connectivity index is 1.96. The minimum atomic E-state index is -0.602. The summed E-state index contributed by atoms with van der Waals surface area (Å²) < 4.78 is 0. The molecule has 0 heterocycles. The molecule has 1 aromatic carbocycles. The monoisotopic (exact) mass is 313 g/mol. The molecule has 2 atom stereocenters. The van der Waals surface area contributed by atoms with E-state index in [1.807, 2.05) is 0 Å².